The minimum absolute atomic E-state index is 0.406. The molecule has 0 saturated carbocycles. The van der Waals surface area contributed by atoms with Crippen LogP contribution in [-0.2, 0) is 0 Å². The molecule has 3 aromatic carbocycles. The van der Waals surface area contributed by atoms with Crippen molar-refractivity contribution in [1.29, 1.82) is 0 Å². The Labute approximate surface area is 122 Å². The number of halogens is 1. The van der Waals surface area contributed by atoms with Crippen LogP contribution in [0.2, 0.25) is 0 Å². The zero-order valence-electron chi connectivity index (χ0n) is 11.1. The third-order valence-corrected chi connectivity index (χ3v) is 3.78. The van der Waals surface area contributed by atoms with E-state index in [1.807, 2.05) is 61.5 Å². The number of hydrogen-bond acceptors (Lipinski definition) is 1. The van der Waals surface area contributed by atoms with Crippen molar-refractivity contribution in [2.45, 2.75) is 6.92 Å². The molecule has 0 atom stereocenters. The molecule has 1 nitrogen and oxygen atoms in total. The molecule has 0 amide bonds. The standard InChI is InChI=1S/C18H13ClO/c1-12-16(13-7-3-2-4-8-13)11-14-9-5-6-10-15(14)17(12)18(19)20/h2-11H,1H3. The minimum Gasteiger partial charge on any atom is -0.276 e. The van der Waals surface area contributed by atoms with Crippen LogP contribution in [0, 0.1) is 6.92 Å². The molecule has 0 heterocycles. The van der Waals surface area contributed by atoms with Gasteiger partial charge in [0.2, 0.25) is 0 Å². The molecular formula is C18H13ClO. The van der Waals surface area contributed by atoms with E-state index >= 15 is 0 Å². The molecule has 2 heteroatoms. The second kappa shape index (κ2) is 5.10. The second-order valence-electron chi connectivity index (χ2n) is 4.78. The van der Waals surface area contributed by atoms with Crippen LogP contribution < -0.4 is 0 Å². The lowest BCUT2D eigenvalue weighted by atomic mass is 9.92. The zero-order valence-corrected chi connectivity index (χ0v) is 11.8. The summed E-state index contributed by atoms with van der Waals surface area (Å²) < 4.78 is 0. The van der Waals surface area contributed by atoms with E-state index in [4.69, 9.17) is 11.6 Å². The van der Waals surface area contributed by atoms with Crippen LogP contribution in [0.15, 0.2) is 60.7 Å². The fourth-order valence-corrected chi connectivity index (χ4v) is 2.87. The smallest absolute Gasteiger partial charge is 0.253 e. The lowest BCUT2D eigenvalue weighted by molar-refractivity contribution is 0.108. The van der Waals surface area contributed by atoms with E-state index in [0.717, 1.165) is 27.5 Å². The Bertz CT molecular complexity index is 791. The summed E-state index contributed by atoms with van der Waals surface area (Å²) in [6.07, 6.45) is 0. The van der Waals surface area contributed by atoms with Crippen LogP contribution in [0.1, 0.15) is 15.9 Å². The van der Waals surface area contributed by atoms with Crippen molar-refractivity contribution in [3.05, 3.63) is 71.8 Å². The van der Waals surface area contributed by atoms with Crippen molar-refractivity contribution in [3.63, 3.8) is 0 Å². The maximum Gasteiger partial charge on any atom is 0.253 e. The summed E-state index contributed by atoms with van der Waals surface area (Å²) in [5.41, 5.74) is 3.67. The topological polar surface area (TPSA) is 17.1 Å². The quantitative estimate of drug-likeness (QED) is 0.590. The number of carbonyl (C=O) groups is 1. The number of benzene rings is 3. The first kappa shape index (κ1) is 12.9. The molecule has 3 rings (SSSR count). The maximum absolute atomic E-state index is 11.8. The highest BCUT2D eigenvalue weighted by Crippen LogP contribution is 2.33. The van der Waals surface area contributed by atoms with Crippen LogP contribution in [0.3, 0.4) is 0 Å². The first-order valence-electron chi connectivity index (χ1n) is 6.46. The van der Waals surface area contributed by atoms with Gasteiger partial charge in [-0.1, -0.05) is 54.6 Å². The van der Waals surface area contributed by atoms with E-state index in [1.165, 1.54) is 0 Å². The van der Waals surface area contributed by atoms with Gasteiger partial charge in [0.15, 0.2) is 0 Å². The Morgan fingerprint density at radius 2 is 1.60 bits per heavy atom. The molecule has 0 N–H and O–H groups in total. The van der Waals surface area contributed by atoms with Crippen molar-refractivity contribution >= 4 is 27.6 Å². The van der Waals surface area contributed by atoms with E-state index in [0.29, 0.717) is 5.56 Å². The number of rotatable bonds is 2. The summed E-state index contributed by atoms with van der Waals surface area (Å²) in [6, 6.07) is 20.0. The molecule has 0 aliphatic carbocycles. The average molecular weight is 281 g/mol. The molecule has 0 fully saturated rings. The SMILES string of the molecule is Cc1c(-c2ccccc2)cc2ccccc2c1C(=O)Cl. The van der Waals surface area contributed by atoms with Crippen LogP contribution >= 0.6 is 11.6 Å². The van der Waals surface area contributed by atoms with Gasteiger partial charge in [0.05, 0.1) is 0 Å². The first-order chi connectivity index (χ1) is 9.68. The molecule has 0 unspecified atom stereocenters. The highest BCUT2D eigenvalue weighted by Gasteiger charge is 2.15. The van der Waals surface area contributed by atoms with E-state index < -0.39 is 5.24 Å². The first-order valence-corrected chi connectivity index (χ1v) is 6.84. The predicted molar refractivity (Wildman–Crippen MR) is 84.3 cm³/mol. The monoisotopic (exact) mass is 280 g/mol. The summed E-state index contributed by atoms with van der Waals surface area (Å²) in [4.78, 5) is 11.8. The molecule has 0 aliphatic rings. The van der Waals surface area contributed by atoms with Gasteiger partial charge in [0.1, 0.15) is 0 Å². The van der Waals surface area contributed by atoms with Crippen molar-refractivity contribution in [2.75, 3.05) is 0 Å². The van der Waals surface area contributed by atoms with E-state index in [-0.39, 0.29) is 0 Å². The Balaban J connectivity index is 2.40. The Hall–Kier alpha value is -2.12. The fourth-order valence-electron chi connectivity index (χ4n) is 2.62. The van der Waals surface area contributed by atoms with E-state index in [9.17, 15) is 4.79 Å². The van der Waals surface area contributed by atoms with E-state index in [2.05, 4.69) is 6.07 Å². The predicted octanol–water partition coefficient (Wildman–Crippen LogP) is 5.19. The average Bonchev–Trinajstić information content (AvgIpc) is 2.47. The molecule has 0 aliphatic heterocycles. The second-order valence-corrected chi connectivity index (χ2v) is 5.13. The van der Waals surface area contributed by atoms with Gasteiger partial charge in [-0.15, -0.1) is 0 Å². The van der Waals surface area contributed by atoms with Gasteiger partial charge < -0.3 is 0 Å². The molecule has 98 valence electrons. The molecule has 20 heavy (non-hydrogen) atoms. The van der Waals surface area contributed by atoms with Gasteiger partial charge in [-0.05, 0) is 52.1 Å². The molecular weight excluding hydrogens is 268 g/mol. The van der Waals surface area contributed by atoms with Gasteiger partial charge in [-0.2, -0.15) is 0 Å². The fraction of sp³-hybridized carbons (Fsp3) is 0.0556. The van der Waals surface area contributed by atoms with Gasteiger partial charge in [0.25, 0.3) is 5.24 Å². The third-order valence-electron chi connectivity index (χ3n) is 3.59. The lowest BCUT2D eigenvalue weighted by Gasteiger charge is -2.13. The zero-order chi connectivity index (χ0) is 14.1. The van der Waals surface area contributed by atoms with Crippen molar-refractivity contribution < 1.29 is 4.79 Å². The highest BCUT2D eigenvalue weighted by molar-refractivity contribution is 6.69. The largest absolute Gasteiger partial charge is 0.276 e. The van der Waals surface area contributed by atoms with Crippen molar-refractivity contribution in [2.24, 2.45) is 0 Å². The Morgan fingerprint density at radius 3 is 2.30 bits per heavy atom. The summed E-state index contributed by atoms with van der Waals surface area (Å²) in [6.45, 7) is 1.95. The Morgan fingerprint density at radius 1 is 0.950 bits per heavy atom. The van der Waals surface area contributed by atoms with Crippen LogP contribution in [0.4, 0.5) is 0 Å². The third kappa shape index (κ3) is 2.10. The van der Waals surface area contributed by atoms with Crippen LogP contribution in [-0.4, -0.2) is 5.24 Å². The summed E-state index contributed by atoms with van der Waals surface area (Å²) in [7, 11) is 0. The van der Waals surface area contributed by atoms with Crippen molar-refractivity contribution in [1.82, 2.24) is 0 Å². The van der Waals surface area contributed by atoms with Crippen molar-refractivity contribution in [3.8, 4) is 11.1 Å². The normalized spacial score (nSPS) is 10.7. The maximum atomic E-state index is 11.8. The highest BCUT2D eigenvalue weighted by atomic mass is 35.5. The summed E-state index contributed by atoms with van der Waals surface area (Å²) in [5.74, 6) is 0. The lowest BCUT2D eigenvalue weighted by Crippen LogP contribution is -1.98. The van der Waals surface area contributed by atoms with Crippen LogP contribution in [0.25, 0.3) is 21.9 Å². The summed E-state index contributed by atoms with van der Waals surface area (Å²) in [5, 5.41) is 1.53. The van der Waals surface area contributed by atoms with Gasteiger partial charge >= 0.3 is 0 Å². The molecule has 0 saturated heterocycles. The molecule has 0 spiro atoms. The van der Waals surface area contributed by atoms with Crippen LogP contribution in [0.5, 0.6) is 0 Å². The van der Waals surface area contributed by atoms with Gasteiger partial charge in [-0.3, -0.25) is 4.79 Å². The number of fused-ring (bicyclic) bond motifs is 1. The molecule has 0 radical (unpaired) electrons. The number of carbonyl (C=O) groups excluding carboxylic acids is 1. The number of hydrogen-bond donors (Lipinski definition) is 0. The molecule has 0 aromatic heterocycles. The molecule has 0 bridgehead atoms. The minimum atomic E-state index is -0.406. The summed E-state index contributed by atoms with van der Waals surface area (Å²) >= 11 is 5.81. The molecule has 3 aromatic rings. The van der Waals surface area contributed by atoms with Gasteiger partial charge in [-0.25, -0.2) is 0 Å². The van der Waals surface area contributed by atoms with E-state index in [1.54, 1.807) is 0 Å². The van der Waals surface area contributed by atoms with Gasteiger partial charge in [0, 0.05) is 5.56 Å². The Kier molecular flexibility index (Phi) is 3.29.